The Hall–Kier alpha value is 0.140. The molecule has 0 bridgehead atoms. The van der Waals surface area contributed by atoms with Crippen molar-refractivity contribution >= 4 is 15.9 Å². The molecule has 3 aliphatic carbocycles. The third-order valence-electron chi connectivity index (χ3n) is 7.47. The Morgan fingerprint density at radius 2 is 2.04 bits per heavy atom. The SMILES string of the molecule is CC(C)[C@@H]1CCC[C@](C)(O)[C@@H]2C[C@]3(C)[C@H](Br)CC=C(CO)[C@@H]3[C@H]21. The van der Waals surface area contributed by atoms with E-state index in [2.05, 4.69) is 49.7 Å². The number of allylic oxidation sites excluding steroid dienone is 1. The van der Waals surface area contributed by atoms with Crippen LogP contribution < -0.4 is 0 Å². The van der Waals surface area contributed by atoms with Crippen molar-refractivity contribution in [3.8, 4) is 0 Å². The summed E-state index contributed by atoms with van der Waals surface area (Å²) in [5.41, 5.74) is 0.817. The molecule has 3 rings (SSSR count). The standard InChI is InChI=1S/C20H33BrO2/c1-12(2)14-6-5-9-20(4,23)15-10-19(3)16(21)8-7-13(11-22)18(19)17(14)15/h7,12,14-18,22-23H,5-6,8-11H2,1-4H3/t14-,15+,16+,17-,18+,19+,20-/m0/s1. The lowest BCUT2D eigenvalue weighted by atomic mass is 9.63. The van der Waals surface area contributed by atoms with E-state index in [9.17, 15) is 10.2 Å². The number of halogens is 1. The summed E-state index contributed by atoms with van der Waals surface area (Å²) in [6.45, 7) is 9.32. The quantitative estimate of drug-likeness (QED) is 0.541. The number of aliphatic hydroxyl groups is 2. The Bertz CT molecular complexity index is 484. The number of aliphatic hydroxyl groups excluding tert-OH is 1. The van der Waals surface area contributed by atoms with Gasteiger partial charge in [-0.25, -0.2) is 0 Å². The first-order valence-electron chi connectivity index (χ1n) is 9.38. The average molecular weight is 385 g/mol. The molecule has 0 aromatic carbocycles. The van der Waals surface area contributed by atoms with Crippen LogP contribution in [0.3, 0.4) is 0 Å². The van der Waals surface area contributed by atoms with E-state index in [0.717, 1.165) is 25.7 Å². The molecule has 0 saturated heterocycles. The van der Waals surface area contributed by atoms with Crippen LogP contribution in [0.2, 0.25) is 0 Å². The topological polar surface area (TPSA) is 40.5 Å². The van der Waals surface area contributed by atoms with E-state index in [0.29, 0.717) is 34.4 Å². The molecule has 0 radical (unpaired) electrons. The van der Waals surface area contributed by atoms with E-state index < -0.39 is 5.60 Å². The van der Waals surface area contributed by atoms with Gasteiger partial charge in [-0.05, 0) is 73.2 Å². The van der Waals surface area contributed by atoms with Crippen molar-refractivity contribution in [3.05, 3.63) is 11.6 Å². The third kappa shape index (κ3) is 2.75. The summed E-state index contributed by atoms with van der Waals surface area (Å²) in [5.74, 6) is 2.53. The van der Waals surface area contributed by atoms with E-state index >= 15 is 0 Å². The smallest absolute Gasteiger partial charge is 0.0651 e. The van der Waals surface area contributed by atoms with Gasteiger partial charge in [0.15, 0.2) is 0 Å². The maximum Gasteiger partial charge on any atom is 0.0651 e. The fourth-order valence-corrected chi connectivity index (χ4v) is 6.91. The molecule has 132 valence electrons. The molecule has 0 spiro atoms. The summed E-state index contributed by atoms with van der Waals surface area (Å²) in [4.78, 5) is 0.450. The lowest BCUT2D eigenvalue weighted by Gasteiger charge is -2.45. The zero-order chi connectivity index (χ0) is 17.0. The van der Waals surface area contributed by atoms with Gasteiger partial charge in [-0.3, -0.25) is 0 Å². The van der Waals surface area contributed by atoms with E-state index in [-0.39, 0.29) is 12.0 Å². The van der Waals surface area contributed by atoms with Crippen LogP contribution in [0.5, 0.6) is 0 Å². The van der Waals surface area contributed by atoms with Gasteiger partial charge in [0.1, 0.15) is 0 Å². The second-order valence-electron chi connectivity index (χ2n) is 9.17. The first-order valence-corrected chi connectivity index (χ1v) is 10.3. The van der Waals surface area contributed by atoms with Crippen molar-refractivity contribution in [2.45, 2.75) is 70.2 Å². The summed E-state index contributed by atoms with van der Waals surface area (Å²) in [6.07, 6.45) is 7.61. The number of hydrogen-bond donors (Lipinski definition) is 2. The Morgan fingerprint density at radius 1 is 1.35 bits per heavy atom. The zero-order valence-corrected chi connectivity index (χ0v) is 16.6. The number of fused-ring (bicyclic) bond motifs is 3. The maximum absolute atomic E-state index is 11.2. The number of alkyl halides is 1. The van der Waals surface area contributed by atoms with Crippen LogP contribution in [-0.4, -0.2) is 27.2 Å². The number of rotatable bonds is 2. The molecule has 0 aliphatic heterocycles. The molecule has 0 heterocycles. The summed E-state index contributed by atoms with van der Waals surface area (Å²) in [6, 6.07) is 0. The largest absolute Gasteiger partial charge is 0.392 e. The van der Waals surface area contributed by atoms with Gasteiger partial charge < -0.3 is 10.2 Å². The van der Waals surface area contributed by atoms with Crippen molar-refractivity contribution in [3.63, 3.8) is 0 Å². The number of hydrogen-bond acceptors (Lipinski definition) is 2. The molecular weight excluding hydrogens is 352 g/mol. The van der Waals surface area contributed by atoms with Crippen LogP contribution in [0, 0.1) is 35.0 Å². The van der Waals surface area contributed by atoms with Crippen LogP contribution in [0.25, 0.3) is 0 Å². The Balaban J connectivity index is 2.10. The van der Waals surface area contributed by atoms with Crippen molar-refractivity contribution in [2.24, 2.45) is 35.0 Å². The molecular formula is C20H33BrO2. The second kappa shape index (κ2) is 6.14. The van der Waals surface area contributed by atoms with Crippen molar-refractivity contribution in [1.82, 2.24) is 0 Å². The highest BCUT2D eigenvalue weighted by Crippen LogP contribution is 2.65. The molecule has 2 nitrogen and oxygen atoms in total. The Labute approximate surface area is 149 Å². The molecule has 0 aromatic heterocycles. The zero-order valence-electron chi connectivity index (χ0n) is 15.1. The van der Waals surface area contributed by atoms with E-state index in [1.54, 1.807) is 0 Å². The first-order chi connectivity index (χ1) is 10.7. The molecule has 2 N–H and O–H groups in total. The molecule has 2 saturated carbocycles. The monoisotopic (exact) mass is 384 g/mol. The summed E-state index contributed by atoms with van der Waals surface area (Å²) < 4.78 is 0. The van der Waals surface area contributed by atoms with Gasteiger partial charge in [-0.2, -0.15) is 0 Å². The minimum absolute atomic E-state index is 0.149. The van der Waals surface area contributed by atoms with E-state index in [1.807, 2.05) is 0 Å². The normalized spacial score (nSPS) is 50.3. The van der Waals surface area contributed by atoms with Crippen molar-refractivity contribution in [2.75, 3.05) is 6.61 Å². The maximum atomic E-state index is 11.2. The molecule has 23 heavy (non-hydrogen) atoms. The van der Waals surface area contributed by atoms with Crippen molar-refractivity contribution in [1.29, 1.82) is 0 Å². The molecule has 3 heteroatoms. The van der Waals surface area contributed by atoms with Gasteiger partial charge in [-0.15, -0.1) is 0 Å². The van der Waals surface area contributed by atoms with Crippen LogP contribution in [0.15, 0.2) is 11.6 Å². The summed E-state index contributed by atoms with van der Waals surface area (Å²) in [5, 5.41) is 21.2. The molecule has 0 unspecified atom stereocenters. The van der Waals surface area contributed by atoms with Gasteiger partial charge in [0.05, 0.1) is 12.2 Å². The van der Waals surface area contributed by atoms with Crippen molar-refractivity contribution < 1.29 is 10.2 Å². The lowest BCUT2D eigenvalue weighted by molar-refractivity contribution is -0.0301. The van der Waals surface area contributed by atoms with Gasteiger partial charge in [0.25, 0.3) is 0 Å². The summed E-state index contributed by atoms with van der Waals surface area (Å²) in [7, 11) is 0. The fourth-order valence-electron chi connectivity index (χ4n) is 6.25. The molecule has 0 aromatic rings. The van der Waals surface area contributed by atoms with Gasteiger partial charge in [0, 0.05) is 4.83 Å². The first kappa shape index (κ1) is 17.9. The average Bonchev–Trinajstić information content (AvgIpc) is 2.74. The van der Waals surface area contributed by atoms with Crippen LogP contribution in [-0.2, 0) is 0 Å². The molecule has 7 atom stereocenters. The minimum atomic E-state index is -0.568. The minimum Gasteiger partial charge on any atom is -0.392 e. The predicted molar refractivity (Wildman–Crippen MR) is 98.5 cm³/mol. The van der Waals surface area contributed by atoms with Crippen LogP contribution in [0.4, 0.5) is 0 Å². The van der Waals surface area contributed by atoms with E-state index in [1.165, 1.54) is 12.0 Å². The lowest BCUT2D eigenvalue weighted by Crippen LogP contribution is -2.42. The Kier molecular flexibility index (Phi) is 4.79. The van der Waals surface area contributed by atoms with E-state index in [4.69, 9.17) is 0 Å². The molecule has 0 amide bonds. The third-order valence-corrected chi connectivity index (χ3v) is 8.89. The highest BCUT2D eigenvalue weighted by Gasteiger charge is 2.61. The molecule has 2 fully saturated rings. The Morgan fingerprint density at radius 3 is 2.65 bits per heavy atom. The predicted octanol–water partition coefficient (Wildman–Crippen LogP) is 4.54. The van der Waals surface area contributed by atoms with Gasteiger partial charge in [0.2, 0.25) is 0 Å². The summed E-state index contributed by atoms with van der Waals surface area (Å²) >= 11 is 3.95. The highest BCUT2D eigenvalue weighted by atomic mass is 79.9. The van der Waals surface area contributed by atoms with Crippen LogP contribution in [0.1, 0.15) is 59.8 Å². The fraction of sp³-hybridized carbons (Fsp3) is 0.900. The highest BCUT2D eigenvalue weighted by molar-refractivity contribution is 9.09. The van der Waals surface area contributed by atoms with Gasteiger partial charge >= 0.3 is 0 Å². The molecule has 3 aliphatic rings. The van der Waals surface area contributed by atoms with Crippen LogP contribution >= 0.6 is 15.9 Å². The second-order valence-corrected chi connectivity index (χ2v) is 10.3. The van der Waals surface area contributed by atoms with Gasteiger partial charge in [-0.1, -0.05) is 49.2 Å².